The summed E-state index contributed by atoms with van der Waals surface area (Å²) in [6.45, 7) is 2.37. The summed E-state index contributed by atoms with van der Waals surface area (Å²) in [5.74, 6) is 0.0666. The number of nitrogens with one attached hydrogen (secondary N) is 3. The summed E-state index contributed by atoms with van der Waals surface area (Å²) in [7, 11) is -1.10. The Morgan fingerprint density at radius 3 is 2.39 bits per heavy atom. The molecule has 0 aliphatic heterocycles. The van der Waals surface area contributed by atoms with Crippen molar-refractivity contribution in [2.75, 3.05) is 18.9 Å². The number of aromatic nitrogens is 4. The van der Waals surface area contributed by atoms with Crippen LogP contribution in [0.1, 0.15) is 42.6 Å². The fourth-order valence-electron chi connectivity index (χ4n) is 4.99. The number of hydrogen-bond acceptors (Lipinski definition) is 7. The van der Waals surface area contributed by atoms with Crippen LogP contribution < -0.4 is 25.4 Å². The number of aromatic amines is 2. The number of anilines is 1. The first-order chi connectivity index (χ1) is 21.1. The molecule has 5 rings (SSSR count). The Labute approximate surface area is 252 Å². The highest BCUT2D eigenvalue weighted by molar-refractivity contribution is 7.92. The molecule has 230 valence electrons. The number of benzene rings is 3. The number of halogens is 1. The maximum Gasteiger partial charge on any atom is 0.330 e. The van der Waals surface area contributed by atoms with Gasteiger partial charge in [0.15, 0.2) is 17.1 Å². The third-order valence-electron chi connectivity index (χ3n) is 7.33. The van der Waals surface area contributed by atoms with Crippen molar-refractivity contribution < 1.29 is 22.3 Å². The summed E-state index contributed by atoms with van der Waals surface area (Å²) in [5, 5.41) is 0. The van der Waals surface area contributed by atoms with Crippen molar-refractivity contribution in [2.24, 2.45) is 0 Å². The molecule has 0 aliphatic rings. The predicted octanol–water partition coefficient (Wildman–Crippen LogP) is 4.54. The zero-order valence-electron chi connectivity index (χ0n) is 24.4. The summed E-state index contributed by atoms with van der Waals surface area (Å²) in [6.07, 6.45) is 1.73. The molecule has 0 aliphatic carbocycles. The van der Waals surface area contributed by atoms with E-state index in [0.717, 1.165) is 6.42 Å². The highest BCUT2D eigenvalue weighted by atomic mass is 32.2. The summed E-state index contributed by atoms with van der Waals surface area (Å²) in [6, 6.07) is 17.2. The Kier molecular flexibility index (Phi) is 8.86. The smallest absolute Gasteiger partial charge is 0.330 e. The lowest BCUT2D eigenvalue weighted by Crippen LogP contribution is -2.30. The molecule has 3 N–H and O–H groups in total. The van der Waals surface area contributed by atoms with Gasteiger partial charge in [0.2, 0.25) is 0 Å². The predicted molar refractivity (Wildman–Crippen MR) is 165 cm³/mol. The van der Waals surface area contributed by atoms with E-state index in [0.29, 0.717) is 41.4 Å². The van der Waals surface area contributed by atoms with Gasteiger partial charge < -0.3 is 14.5 Å². The minimum Gasteiger partial charge on any atom is -0.493 e. The second kappa shape index (κ2) is 12.8. The number of aryl methyl sites for hydroxylation is 1. The minimum absolute atomic E-state index is 0.0155. The highest BCUT2D eigenvalue weighted by Crippen LogP contribution is 2.32. The molecule has 0 saturated heterocycles. The van der Waals surface area contributed by atoms with E-state index in [1.807, 2.05) is 6.92 Å². The first kappa shape index (κ1) is 30.5. The van der Waals surface area contributed by atoms with E-state index in [-0.39, 0.29) is 28.2 Å². The number of imidazole rings is 1. The van der Waals surface area contributed by atoms with Crippen molar-refractivity contribution in [3.05, 3.63) is 110 Å². The third-order valence-corrected chi connectivity index (χ3v) is 8.71. The van der Waals surface area contributed by atoms with Gasteiger partial charge in [0, 0.05) is 24.2 Å². The van der Waals surface area contributed by atoms with Crippen molar-refractivity contribution in [1.29, 1.82) is 0 Å². The van der Waals surface area contributed by atoms with Gasteiger partial charge in [0.25, 0.3) is 15.6 Å². The minimum atomic E-state index is -3.97. The summed E-state index contributed by atoms with van der Waals surface area (Å²) >= 11 is 0. The summed E-state index contributed by atoms with van der Waals surface area (Å²) in [4.78, 5) is 35.4. The average molecular weight is 622 g/mol. The van der Waals surface area contributed by atoms with E-state index in [4.69, 9.17) is 9.47 Å². The Morgan fingerprint density at radius 1 is 0.977 bits per heavy atom. The molecular formula is C31H32FN5O6S. The quantitative estimate of drug-likeness (QED) is 0.185. The molecule has 0 bridgehead atoms. The van der Waals surface area contributed by atoms with Gasteiger partial charge in [-0.3, -0.25) is 19.1 Å². The number of nitrogens with zero attached hydrogens (tertiary/aromatic N) is 2. The maximum absolute atomic E-state index is 14.8. The summed E-state index contributed by atoms with van der Waals surface area (Å²) in [5.41, 5.74) is 0.622. The molecule has 1 unspecified atom stereocenters. The second-order valence-electron chi connectivity index (χ2n) is 10.2. The Hall–Kier alpha value is -4.91. The third kappa shape index (κ3) is 6.23. The number of ether oxygens (including phenoxy) is 2. The molecule has 11 nitrogen and oxygen atoms in total. The van der Waals surface area contributed by atoms with Gasteiger partial charge in [0.1, 0.15) is 17.2 Å². The molecule has 0 amide bonds. The van der Waals surface area contributed by atoms with Crippen LogP contribution >= 0.6 is 0 Å². The Balaban J connectivity index is 1.52. The molecule has 3 aromatic carbocycles. The van der Waals surface area contributed by atoms with Gasteiger partial charge in [-0.25, -0.2) is 22.6 Å². The molecule has 0 fully saturated rings. The number of rotatable bonds is 12. The molecule has 0 radical (unpaired) electrons. The number of fused-ring (bicyclic) bond motifs is 1. The van der Waals surface area contributed by atoms with E-state index in [1.54, 1.807) is 42.5 Å². The zero-order valence-corrected chi connectivity index (χ0v) is 25.2. The van der Waals surface area contributed by atoms with Crippen LogP contribution in [0.3, 0.4) is 0 Å². The Morgan fingerprint density at radius 2 is 1.70 bits per heavy atom. The molecule has 13 heteroatoms. The van der Waals surface area contributed by atoms with Crippen molar-refractivity contribution >= 4 is 26.9 Å². The number of hydrogen-bond donors (Lipinski definition) is 3. The molecule has 0 spiro atoms. The topological polar surface area (TPSA) is 148 Å². The Bertz CT molecular complexity index is 2020. The largest absolute Gasteiger partial charge is 0.493 e. The lowest BCUT2D eigenvalue weighted by molar-refractivity contribution is 0.354. The SMILES string of the molecule is CCCCn1c(=O)[nH]c(=O)c2[nH]c(C(Cc3ccccc3F)c3ccc(NS(=O)(=O)c4ccc(OC)c(OC)c4)cc3)nc21. The molecule has 0 saturated carbocycles. The lowest BCUT2D eigenvalue weighted by atomic mass is 9.91. The first-order valence-electron chi connectivity index (χ1n) is 14.0. The molecule has 44 heavy (non-hydrogen) atoms. The number of methoxy groups -OCH3 is 2. The number of sulfonamides is 1. The average Bonchev–Trinajstić information content (AvgIpc) is 3.46. The van der Waals surface area contributed by atoms with Crippen LogP contribution in [-0.2, 0) is 23.0 Å². The van der Waals surface area contributed by atoms with Crippen LogP contribution in [0.2, 0.25) is 0 Å². The molecular weight excluding hydrogens is 589 g/mol. The zero-order chi connectivity index (χ0) is 31.4. The van der Waals surface area contributed by atoms with E-state index >= 15 is 0 Å². The standard InChI is InChI=1S/C31H32FN5O6S/c1-4-5-16-37-29-27(30(38)35-31(37)39)33-28(34-29)23(17-20-8-6-7-9-24(20)32)19-10-12-21(13-11-19)36-44(40,41)22-14-15-25(42-2)26(18-22)43-3/h6-15,18,23,36H,4-5,16-17H2,1-3H3,(H,33,34)(H,35,38,39). The van der Waals surface area contributed by atoms with Crippen molar-refractivity contribution in [3.63, 3.8) is 0 Å². The molecule has 1 atom stereocenters. The highest BCUT2D eigenvalue weighted by Gasteiger charge is 2.24. The van der Waals surface area contributed by atoms with Crippen molar-refractivity contribution in [2.45, 2.75) is 43.5 Å². The van der Waals surface area contributed by atoms with E-state index < -0.39 is 33.0 Å². The van der Waals surface area contributed by atoms with Gasteiger partial charge in [-0.2, -0.15) is 0 Å². The van der Waals surface area contributed by atoms with Crippen molar-refractivity contribution in [3.8, 4) is 11.5 Å². The van der Waals surface area contributed by atoms with Crippen molar-refractivity contribution in [1.82, 2.24) is 19.5 Å². The fraction of sp³-hybridized carbons (Fsp3) is 0.258. The second-order valence-corrected chi connectivity index (χ2v) is 11.9. The monoisotopic (exact) mass is 621 g/mol. The number of unbranched alkanes of at least 4 members (excludes halogenated alkanes) is 1. The van der Waals surface area contributed by atoms with Crippen LogP contribution in [-0.4, -0.2) is 42.2 Å². The van der Waals surface area contributed by atoms with Crippen LogP contribution in [0.15, 0.2) is 81.2 Å². The first-order valence-corrected chi connectivity index (χ1v) is 15.4. The van der Waals surface area contributed by atoms with Crippen LogP contribution in [0, 0.1) is 5.82 Å². The van der Waals surface area contributed by atoms with Gasteiger partial charge in [-0.05, 0) is 54.3 Å². The fourth-order valence-corrected chi connectivity index (χ4v) is 6.06. The van der Waals surface area contributed by atoms with Gasteiger partial charge in [0.05, 0.1) is 19.1 Å². The number of H-pyrrole nitrogens is 2. The van der Waals surface area contributed by atoms with E-state index in [1.165, 1.54) is 43.1 Å². The van der Waals surface area contributed by atoms with E-state index in [2.05, 4.69) is 19.7 Å². The normalized spacial score (nSPS) is 12.3. The maximum atomic E-state index is 14.8. The van der Waals surface area contributed by atoms with Gasteiger partial charge in [-0.15, -0.1) is 0 Å². The molecule has 2 aromatic heterocycles. The lowest BCUT2D eigenvalue weighted by Gasteiger charge is -2.17. The van der Waals surface area contributed by atoms with Crippen LogP contribution in [0.4, 0.5) is 10.1 Å². The van der Waals surface area contributed by atoms with Gasteiger partial charge >= 0.3 is 5.69 Å². The molecule has 2 heterocycles. The van der Waals surface area contributed by atoms with Gasteiger partial charge in [-0.1, -0.05) is 43.7 Å². The van der Waals surface area contributed by atoms with E-state index in [9.17, 15) is 22.4 Å². The van der Waals surface area contributed by atoms with Crippen LogP contribution in [0.25, 0.3) is 11.2 Å². The molecule has 5 aromatic rings. The summed E-state index contributed by atoms with van der Waals surface area (Å²) < 4.78 is 55.5. The van der Waals surface area contributed by atoms with Crippen LogP contribution in [0.5, 0.6) is 11.5 Å².